The van der Waals surface area contributed by atoms with Crippen LogP contribution in [0.5, 0.6) is 0 Å². The molecule has 4 heterocycles. The lowest BCUT2D eigenvalue weighted by molar-refractivity contribution is -0.137. The quantitative estimate of drug-likeness (QED) is 0.363. The Kier molecular flexibility index (Phi) is 5.13. The minimum Gasteiger partial charge on any atom is -0.362 e. The number of fused-ring (bicyclic) bond motifs is 3. The number of pyridine rings is 1. The summed E-state index contributed by atoms with van der Waals surface area (Å²) >= 11 is 1.57. The van der Waals surface area contributed by atoms with Gasteiger partial charge < -0.3 is 4.90 Å². The number of hydrogen-bond donors (Lipinski definition) is 0. The maximum absolute atomic E-state index is 13.6. The van der Waals surface area contributed by atoms with E-state index in [1.165, 1.54) is 30.0 Å². The summed E-state index contributed by atoms with van der Waals surface area (Å²) in [6, 6.07) is 11.2. The number of rotatable bonds is 4. The molecule has 9 heteroatoms. The van der Waals surface area contributed by atoms with E-state index in [1.807, 2.05) is 6.92 Å². The van der Waals surface area contributed by atoms with Gasteiger partial charge in [0.25, 0.3) is 0 Å². The molecule has 6 rings (SSSR count). The number of piperidine rings is 1. The van der Waals surface area contributed by atoms with Gasteiger partial charge in [-0.1, -0.05) is 18.2 Å². The van der Waals surface area contributed by atoms with E-state index in [2.05, 4.69) is 20.4 Å². The molecule has 0 N–H and O–H groups in total. The van der Waals surface area contributed by atoms with Gasteiger partial charge in [-0.3, -0.25) is 0 Å². The highest BCUT2D eigenvalue weighted by molar-refractivity contribution is 7.10. The first-order valence-corrected chi connectivity index (χ1v) is 12.3. The van der Waals surface area contributed by atoms with Gasteiger partial charge in [0.1, 0.15) is 5.00 Å². The number of halogens is 3. The summed E-state index contributed by atoms with van der Waals surface area (Å²) in [7, 11) is 0. The summed E-state index contributed by atoms with van der Waals surface area (Å²) in [5, 5.41) is 5.91. The molecule has 1 aliphatic heterocycles. The van der Waals surface area contributed by atoms with Crippen LogP contribution >= 0.6 is 11.5 Å². The van der Waals surface area contributed by atoms with Crippen LogP contribution in [0.1, 0.15) is 29.9 Å². The molecule has 2 aliphatic rings. The molecule has 4 aromatic rings. The molecule has 2 fully saturated rings. The van der Waals surface area contributed by atoms with Crippen LogP contribution in [0.2, 0.25) is 0 Å². The number of anilines is 1. The van der Waals surface area contributed by atoms with E-state index in [9.17, 15) is 13.2 Å². The van der Waals surface area contributed by atoms with Crippen LogP contribution in [0.3, 0.4) is 0 Å². The van der Waals surface area contributed by atoms with Crippen molar-refractivity contribution in [2.75, 3.05) is 18.0 Å². The van der Waals surface area contributed by atoms with Crippen molar-refractivity contribution in [1.29, 1.82) is 0 Å². The van der Waals surface area contributed by atoms with Crippen molar-refractivity contribution in [3.05, 3.63) is 65.7 Å². The Bertz CT molecular complexity index is 1330. The Morgan fingerprint density at radius 2 is 1.76 bits per heavy atom. The summed E-state index contributed by atoms with van der Waals surface area (Å²) in [4.78, 5) is 7.21. The third-order valence-electron chi connectivity index (χ3n) is 7.30. The fraction of sp³-hybridized carbons (Fsp3) is 0.400. The fourth-order valence-corrected chi connectivity index (χ4v) is 6.55. The van der Waals surface area contributed by atoms with E-state index < -0.39 is 11.7 Å². The van der Waals surface area contributed by atoms with Crippen LogP contribution < -0.4 is 4.90 Å². The molecule has 1 saturated carbocycles. The number of aromatic nitrogens is 4. The molecule has 3 atom stereocenters. The first-order valence-electron chi connectivity index (χ1n) is 11.6. The van der Waals surface area contributed by atoms with Gasteiger partial charge in [-0.25, -0.2) is 9.50 Å². The minimum atomic E-state index is -4.43. The van der Waals surface area contributed by atoms with Crippen molar-refractivity contribution in [3.63, 3.8) is 0 Å². The summed E-state index contributed by atoms with van der Waals surface area (Å²) in [6.45, 7) is 4.05. The zero-order valence-electron chi connectivity index (χ0n) is 18.7. The summed E-state index contributed by atoms with van der Waals surface area (Å²) in [6.07, 6.45) is 0.472. The first kappa shape index (κ1) is 21.6. The molecule has 3 aromatic heterocycles. The van der Waals surface area contributed by atoms with Gasteiger partial charge in [0.05, 0.1) is 11.3 Å². The highest BCUT2D eigenvalue weighted by Crippen LogP contribution is 2.45. The summed E-state index contributed by atoms with van der Waals surface area (Å²) in [5.41, 5.74) is 1.46. The summed E-state index contributed by atoms with van der Waals surface area (Å²) < 4.78 is 47.0. The molecule has 1 aromatic carbocycles. The van der Waals surface area contributed by atoms with E-state index >= 15 is 0 Å². The molecule has 0 radical (unpaired) electrons. The van der Waals surface area contributed by atoms with E-state index in [0.717, 1.165) is 31.3 Å². The molecule has 1 saturated heterocycles. The van der Waals surface area contributed by atoms with E-state index in [0.29, 0.717) is 34.8 Å². The molecular formula is C25H24F3N5S. The zero-order valence-corrected chi connectivity index (χ0v) is 19.5. The van der Waals surface area contributed by atoms with Crippen LogP contribution in [0.25, 0.3) is 16.8 Å². The zero-order chi connectivity index (χ0) is 23.4. The van der Waals surface area contributed by atoms with Gasteiger partial charge in [0.2, 0.25) is 0 Å². The summed E-state index contributed by atoms with van der Waals surface area (Å²) in [5.74, 6) is 2.34. The topological polar surface area (TPSA) is 46.3 Å². The van der Waals surface area contributed by atoms with Crippen LogP contribution in [-0.2, 0) is 12.6 Å². The van der Waals surface area contributed by atoms with Gasteiger partial charge in [-0.05, 0) is 78.9 Å². The Labute approximate surface area is 199 Å². The second-order valence-electron chi connectivity index (χ2n) is 9.44. The Morgan fingerprint density at radius 3 is 2.47 bits per heavy atom. The largest absolute Gasteiger partial charge is 0.417 e. The average molecular weight is 484 g/mol. The van der Waals surface area contributed by atoms with E-state index in [4.69, 9.17) is 4.98 Å². The Morgan fingerprint density at radius 1 is 1.03 bits per heavy atom. The molecule has 1 unspecified atom stereocenters. The molecule has 2 bridgehead atoms. The van der Waals surface area contributed by atoms with Gasteiger partial charge in [-0.2, -0.15) is 22.6 Å². The highest BCUT2D eigenvalue weighted by atomic mass is 32.1. The third kappa shape index (κ3) is 3.76. The number of nitrogens with zero attached hydrogens (tertiary/aromatic N) is 5. The van der Waals surface area contributed by atoms with Crippen molar-refractivity contribution in [3.8, 4) is 11.1 Å². The maximum atomic E-state index is 13.6. The monoisotopic (exact) mass is 483 g/mol. The number of alkyl halides is 3. The van der Waals surface area contributed by atoms with Gasteiger partial charge in [0.15, 0.2) is 11.5 Å². The molecule has 34 heavy (non-hydrogen) atoms. The second kappa shape index (κ2) is 8.08. The van der Waals surface area contributed by atoms with Crippen LogP contribution in [0.15, 0.2) is 48.7 Å². The lowest BCUT2D eigenvalue weighted by Crippen LogP contribution is -2.42. The molecule has 176 valence electrons. The fourth-order valence-electron chi connectivity index (χ4n) is 5.77. The molecular weight excluding hydrogens is 459 g/mol. The van der Waals surface area contributed by atoms with Crippen LogP contribution in [-0.4, -0.2) is 32.1 Å². The number of hydrogen-bond acceptors (Lipinski definition) is 5. The van der Waals surface area contributed by atoms with Crippen LogP contribution in [0.4, 0.5) is 18.2 Å². The van der Waals surface area contributed by atoms with Gasteiger partial charge >= 0.3 is 6.18 Å². The molecule has 0 amide bonds. The average Bonchev–Trinajstić information content (AvgIpc) is 3.48. The lowest BCUT2D eigenvalue weighted by Gasteiger charge is -2.38. The first-order chi connectivity index (χ1) is 16.4. The lowest BCUT2D eigenvalue weighted by atomic mass is 9.82. The second-order valence-corrected chi connectivity index (χ2v) is 10.2. The SMILES string of the molecule is Cc1cc(N2C[C@H]3CC[C@@H](C2)C3Cc2nc3c(-c4ccccc4C(F)(F)F)cccn3n2)sn1. The Hall–Kier alpha value is -2.94. The van der Waals surface area contributed by atoms with Crippen molar-refractivity contribution >= 4 is 22.2 Å². The number of aryl methyl sites for hydroxylation is 1. The molecule has 1 aliphatic carbocycles. The van der Waals surface area contributed by atoms with Crippen molar-refractivity contribution in [2.24, 2.45) is 17.8 Å². The molecule has 0 spiro atoms. The van der Waals surface area contributed by atoms with Crippen molar-refractivity contribution < 1.29 is 13.2 Å². The van der Waals surface area contributed by atoms with Gasteiger partial charge in [-0.15, -0.1) is 0 Å². The van der Waals surface area contributed by atoms with Crippen LogP contribution in [0, 0.1) is 24.7 Å². The van der Waals surface area contributed by atoms with E-state index in [-0.39, 0.29) is 5.56 Å². The standard InChI is InChI=1S/C25H24F3N5S/c1-15-11-23(34-31-15)32-13-16-8-9-17(14-32)20(16)12-22-29-24-19(6-4-10-33(24)30-22)18-5-2-3-7-21(18)25(26,27)28/h2-7,10-11,16-17,20H,8-9,12-14H2,1H3/t16-,17+,20?. The smallest absolute Gasteiger partial charge is 0.362 e. The van der Waals surface area contributed by atoms with Crippen molar-refractivity contribution in [1.82, 2.24) is 19.0 Å². The minimum absolute atomic E-state index is 0.132. The maximum Gasteiger partial charge on any atom is 0.417 e. The highest BCUT2D eigenvalue weighted by Gasteiger charge is 2.43. The van der Waals surface area contributed by atoms with Crippen molar-refractivity contribution in [2.45, 2.75) is 32.4 Å². The normalized spacial score (nSPS) is 22.6. The predicted octanol–water partition coefficient (Wildman–Crippen LogP) is 5.89. The Balaban J connectivity index is 1.29. The molecule has 5 nitrogen and oxygen atoms in total. The van der Waals surface area contributed by atoms with Gasteiger partial charge in [0, 0.05) is 31.3 Å². The third-order valence-corrected chi connectivity index (χ3v) is 8.25. The predicted molar refractivity (Wildman–Crippen MR) is 126 cm³/mol. The van der Waals surface area contributed by atoms with E-state index in [1.54, 1.807) is 40.4 Å². The number of benzene rings is 1.